The number of aliphatic hydroxyl groups excluding tert-OH is 1. The van der Waals surface area contributed by atoms with Crippen molar-refractivity contribution in [3.8, 4) is 0 Å². The van der Waals surface area contributed by atoms with Gasteiger partial charge in [0, 0.05) is 60.8 Å². The lowest BCUT2D eigenvalue weighted by Crippen LogP contribution is -2.44. The van der Waals surface area contributed by atoms with Gasteiger partial charge < -0.3 is 15.1 Å². The molecule has 4 aromatic rings. The molecule has 12 nitrogen and oxygen atoms in total. The van der Waals surface area contributed by atoms with E-state index in [9.17, 15) is 24.8 Å². The normalized spacial score (nSPS) is 16.7. The Morgan fingerprint density at radius 1 is 1.09 bits per heavy atom. The molecule has 0 aliphatic carbocycles. The third-order valence-electron chi connectivity index (χ3n) is 7.70. The van der Waals surface area contributed by atoms with Crippen LogP contribution in [0, 0.1) is 16.0 Å². The lowest BCUT2D eigenvalue weighted by molar-refractivity contribution is -0.385. The molecule has 1 aliphatic rings. The van der Waals surface area contributed by atoms with Crippen LogP contribution in [-0.2, 0) is 34.7 Å². The van der Waals surface area contributed by atoms with Gasteiger partial charge in [-0.2, -0.15) is 0 Å². The number of nitro benzene ring substituents is 1. The first kappa shape index (κ1) is 30.3. The summed E-state index contributed by atoms with van der Waals surface area (Å²) < 4.78 is 1.65. The predicted molar refractivity (Wildman–Crippen MR) is 163 cm³/mol. The van der Waals surface area contributed by atoms with Gasteiger partial charge in [0.15, 0.2) is 5.60 Å². The number of hydrogen-bond acceptors (Lipinski definition) is 8. The fourth-order valence-electron chi connectivity index (χ4n) is 5.38. The second-order valence-corrected chi connectivity index (χ2v) is 10.5. The highest BCUT2D eigenvalue weighted by molar-refractivity contribution is 6.07. The molecule has 44 heavy (non-hydrogen) atoms. The summed E-state index contributed by atoms with van der Waals surface area (Å²) in [6.07, 6.45) is 6.95. The number of amides is 2. The quantitative estimate of drug-likeness (QED) is 0.101. The summed E-state index contributed by atoms with van der Waals surface area (Å²) in [6, 6.07) is 20.3. The van der Waals surface area contributed by atoms with E-state index in [1.165, 1.54) is 28.0 Å². The summed E-state index contributed by atoms with van der Waals surface area (Å²) in [5.41, 5.74) is 0.916. The van der Waals surface area contributed by atoms with Gasteiger partial charge in [-0.05, 0) is 42.3 Å². The zero-order valence-electron chi connectivity index (χ0n) is 24.1. The van der Waals surface area contributed by atoms with Crippen LogP contribution in [0.3, 0.4) is 0 Å². The first-order chi connectivity index (χ1) is 21.3. The number of hydrogen-bond donors (Lipinski definition) is 2. The minimum atomic E-state index is -2.05. The number of aliphatic hydroxyl groups is 2. The number of fused-ring (bicyclic) bond motifs is 1. The molecule has 3 aromatic carbocycles. The van der Waals surface area contributed by atoms with E-state index in [-0.39, 0.29) is 24.4 Å². The first-order valence-corrected chi connectivity index (χ1v) is 14.1. The van der Waals surface area contributed by atoms with Crippen LogP contribution in [0.15, 0.2) is 91.1 Å². The number of carbonyl (C=O) groups is 2. The predicted octanol–water partition coefficient (Wildman–Crippen LogP) is 4.03. The third-order valence-corrected chi connectivity index (χ3v) is 7.70. The number of para-hydroxylation sites is 1. The summed E-state index contributed by atoms with van der Waals surface area (Å²) in [5.74, 6) is -1.33. The average molecular weight is 597 g/mol. The zero-order valence-corrected chi connectivity index (χ0v) is 24.1. The van der Waals surface area contributed by atoms with E-state index in [1.54, 1.807) is 42.1 Å². The largest absolute Gasteiger partial charge is 0.396 e. The maximum atomic E-state index is 14.0. The lowest BCUT2D eigenvalue weighted by atomic mass is 9.82. The number of non-ortho nitro benzene ring substituents is 1. The van der Waals surface area contributed by atoms with Gasteiger partial charge in [-0.3, -0.25) is 29.3 Å². The van der Waals surface area contributed by atoms with Gasteiger partial charge in [-0.1, -0.05) is 54.6 Å². The van der Waals surface area contributed by atoms with Crippen LogP contribution in [0.25, 0.3) is 0 Å². The number of nitrogens with zero attached hydrogens (tertiary/aromatic N) is 6. The minimum Gasteiger partial charge on any atom is -0.396 e. The number of rotatable bonds is 13. The van der Waals surface area contributed by atoms with Gasteiger partial charge in [0.2, 0.25) is 6.41 Å². The fraction of sp³-hybridized carbons (Fsp3) is 0.250. The van der Waals surface area contributed by atoms with Crippen LogP contribution < -0.4 is 9.80 Å². The molecule has 12 heteroatoms. The number of aromatic nitrogens is 3. The van der Waals surface area contributed by atoms with E-state index < -0.39 is 22.3 Å². The van der Waals surface area contributed by atoms with Crippen molar-refractivity contribution in [3.05, 3.63) is 118 Å². The molecular weight excluding hydrogens is 564 g/mol. The molecule has 1 aliphatic heterocycles. The van der Waals surface area contributed by atoms with E-state index in [4.69, 9.17) is 5.11 Å². The first-order valence-electron chi connectivity index (χ1n) is 14.1. The smallest absolute Gasteiger partial charge is 0.269 e. The van der Waals surface area contributed by atoms with Crippen LogP contribution >= 0.6 is 0 Å². The molecule has 2 N–H and O–H groups in total. The number of nitro groups is 1. The van der Waals surface area contributed by atoms with Crippen molar-refractivity contribution in [1.82, 2.24) is 15.0 Å². The standard InChI is InChI=1S/C32H32N6O6/c1-23(8-5-6-16-35-21-25(15-17-39)33-34-35)32(42)29-19-28(38(43)44)13-14-30(29)36(31(32)41)20-24-9-7-12-27(18-24)37(22-40)26-10-3-2-4-11-26/h2-5,7-14,18-19,21-23,39,42H,6,15-17,20H2,1H3/b8-5+/t23-,32+/m1/s1. The molecule has 5 rings (SSSR count). The minimum absolute atomic E-state index is 0.0182. The Morgan fingerprint density at radius 2 is 1.86 bits per heavy atom. The summed E-state index contributed by atoms with van der Waals surface area (Å²) in [5, 5.41) is 40.7. The topological polar surface area (TPSA) is 155 Å². The molecule has 1 aromatic heterocycles. The van der Waals surface area contributed by atoms with Crippen molar-refractivity contribution >= 4 is 35.1 Å². The van der Waals surface area contributed by atoms with Crippen molar-refractivity contribution in [2.24, 2.45) is 5.92 Å². The Labute approximate surface area is 253 Å². The van der Waals surface area contributed by atoms with Crippen LogP contribution in [0.1, 0.15) is 30.2 Å². The molecule has 0 fully saturated rings. The van der Waals surface area contributed by atoms with Crippen LogP contribution in [0.2, 0.25) is 0 Å². The van der Waals surface area contributed by atoms with Gasteiger partial charge in [0.05, 0.1) is 22.8 Å². The highest BCUT2D eigenvalue weighted by Gasteiger charge is 2.53. The monoisotopic (exact) mass is 596 g/mol. The third kappa shape index (κ3) is 5.98. The Hall–Kier alpha value is -5.20. The fourth-order valence-corrected chi connectivity index (χ4v) is 5.38. The van der Waals surface area contributed by atoms with E-state index in [0.717, 1.165) is 0 Å². The lowest BCUT2D eigenvalue weighted by Gasteiger charge is -2.27. The molecule has 0 unspecified atom stereocenters. The van der Waals surface area contributed by atoms with E-state index in [0.29, 0.717) is 54.1 Å². The SMILES string of the molecule is C[C@H](/C=C/CCn1cc(CCO)nn1)[C@@]1(O)C(=O)N(Cc2cccc(N(C=O)c3ccccc3)c2)c2ccc([N+](=O)[O-])cc21. The van der Waals surface area contributed by atoms with Crippen molar-refractivity contribution in [2.75, 3.05) is 16.4 Å². The number of allylic oxidation sites excluding steroid dienone is 1. The van der Waals surface area contributed by atoms with Gasteiger partial charge >= 0.3 is 0 Å². The summed E-state index contributed by atoms with van der Waals surface area (Å²) in [4.78, 5) is 40.0. The second kappa shape index (κ2) is 13.0. The number of aryl methyl sites for hydroxylation is 1. The molecule has 0 saturated carbocycles. The van der Waals surface area contributed by atoms with Crippen LogP contribution in [-0.4, -0.2) is 49.1 Å². The average Bonchev–Trinajstić information content (AvgIpc) is 3.57. The maximum absolute atomic E-state index is 14.0. The van der Waals surface area contributed by atoms with Gasteiger partial charge in [0.1, 0.15) is 0 Å². The molecule has 0 bridgehead atoms. The summed E-state index contributed by atoms with van der Waals surface area (Å²) in [6.45, 7) is 2.24. The molecule has 0 saturated heterocycles. The number of benzene rings is 3. The number of carbonyl (C=O) groups excluding carboxylic acids is 2. The molecule has 226 valence electrons. The molecule has 0 radical (unpaired) electrons. The highest BCUT2D eigenvalue weighted by Crippen LogP contribution is 2.47. The summed E-state index contributed by atoms with van der Waals surface area (Å²) >= 11 is 0. The highest BCUT2D eigenvalue weighted by atomic mass is 16.6. The van der Waals surface area contributed by atoms with Crippen molar-refractivity contribution in [1.29, 1.82) is 0 Å². The Balaban J connectivity index is 1.40. The van der Waals surface area contributed by atoms with E-state index in [1.807, 2.05) is 42.5 Å². The molecule has 0 spiro atoms. The maximum Gasteiger partial charge on any atom is 0.269 e. The van der Waals surface area contributed by atoms with Crippen LogP contribution in [0.5, 0.6) is 0 Å². The summed E-state index contributed by atoms with van der Waals surface area (Å²) in [7, 11) is 0. The Bertz CT molecular complexity index is 1690. The van der Waals surface area contributed by atoms with E-state index in [2.05, 4.69) is 10.3 Å². The Kier molecular flexibility index (Phi) is 8.93. The van der Waals surface area contributed by atoms with Crippen LogP contribution in [0.4, 0.5) is 22.7 Å². The van der Waals surface area contributed by atoms with E-state index >= 15 is 0 Å². The number of anilines is 3. The van der Waals surface area contributed by atoms with Gasteiger partial charge in [-0.25, -0.2) is 0 Å². The molecule has 2 heterocycles. The van der Waals surface area contributed by atoms with Crippen molar-refractivity contribution in [2.45, 2.75) is 38.5 Å². The van der Waals surface area contributed by atoms with Gasteiger partial charge in [-0.15, -0.1) is 5.10 Å². The van der Waals surface area contributed by atoms with Gasteiger partial charge in [0.25, 0.3) is 11.6 Å². The molecule has 2 amide bonds. The van der Waals surface area contributed by atoms with Crippen molar-refractivity contribution in [3.63, 3.8) is 0 Å². The molecular formula is C32H32N6O6. The zero-order chi connectivity index (χ0) is 31.3. The molecule has 2 atom stereocenters. The second-order valence-electron chi connectivity index (χ2n) is 10.5. The Morgan fingerprint density at radius 3 is 2.59 bits per heavy atom. The van der Waals surface area contributed by atoms with Crippen molar-refractivity contribution < 1.29 is 24.7 Å².